The van der Waals surface area contributed by atoms with Crippen LogP contribution in [0.4, 0.5) is 14.4 Å². The summed E-state index contributed by atoms with van der Waals surface area (Å²) in [6.45, 7) is 21.1. The molecular formula is C33H66N4O8. The Kier molecular flexibility index (Phi) is 22.7. The zero-order chi connectivity index (χ0) is 34.4. The number of carbonyl (C=O) groups excluding carboxylic acids is 3. The minimum atomic E-state index is -1.02. The number of rotatable bonds is 24. The topological polar surface area (TPSA) is 165 Å². The summed E-state index contributed by atoms with van der Waals surface area (Å²) in [4.78, 5) is 40.3. The number of amides is 1. The number of ether oxygens (including phenoxy) is 5. The summed E-state index contributed by atoms with van der Waals surface area (Å²) < 4.78 is 28.0. The van der Waals surface area contributed by atoms with Crippen LogP contribution in [0.1, 0.15) is 94.4 Å². The second-order valence-electron chi connectivity index (χ2n) is 13.9. The largest absolute Gasteiger partial charge is 0.508 e. The third-order valence-corrected chi connectivity index (χ3v) is 7.30. The first-order chi connectivity index (χ1) is 21.1. The van der Waals surface area contributed by atoms with E-state index in [4.69, 9.17) is 35.2 Å². The Balaban J connectivity index is 5.53. The Morgan fingerprint density at radius 3 is 1.36 bits per heavy atom. The van der Waals surface area contributed by atoms with Crippen LogP contribution in [0.5, 0.6) is 0 Å². The van der Waals surface area contributed by atoms with E-state index >= 15 is 0 Å². The van der Waals surface area contributed by atoms with Gasteiger partial charge >= 0.3 is 18.4 Å². The maximum Gasteiger partial charge on any atom is 0.508 e. The third kappa shape index (κ3) is 22.0. The molecule has 5 N–H and O–H groups in total. The SMILES string of the molecule is CCC(COC(=O)NCCN(CCN)CCN)(COC(=O)OC(CC(C)C)CC(C)C)COC(=O)OC(CC(C)C)CC(C)C. The predicted octanol–water partition coefficient (Wildman–Crippen LogP) is 5.56. The summed E-state index contributed by atoms with van der Waals surface area (Å²) in [6, 6.07) is 0. The van der Waals surface area contributed by atoms with Gasteiger partial charge in [0.2, 0.25) is 0 Å². The molecule has 0 aromatic heterocycles. The molecule has 0 unspecified atom stereocenters. The van der Waals surface area contributed by atoms with E-state index in [0.29, 0.717) is 95.0 Å². The van der Waals surface area contributed by atoms with E-state index in [-0.39, 0.29) is 32.0 Å². The van der Waals surface area contributed by atoms with E-state index in [9.17, 15) is 14.4 Å². The Morgan fingerprint density at radius 1 is 0.644 bits per heavy atom. The molecule has 0 bridgehead atoms. The molecule has 12 heteroatoms. The maximum absolute atomic E-state index is 12.8. The third-order valence-electron chi connectivity index (χ3n) is 7.30. The molecule has 0 aromatic rings. The predicted molar refractivity (Wildman–Crippen MR) is 177 cm³/mol. The van der Waals surface area contributed by atoms with Crippen molar-refractivity contribution in [2.24, 2.45) is 40.6 Å². The first-order valence-electron chi connectivity index (χ1n) is 16.8. The second-order valence-corrected chi connectivity index (χ2v) is 13.9. The molecule has 0 radical (unpaired) electrons. The highest BCUT2D eigenvalue weighted by Gasteiger charge is 2.35. The molecule has 0 aliphatic carbocycles. The fraction of sp³-hybridized carbons (Fsp3) is 0.909. The maximum atomic E-state index is 12.8. The lowest BCUT2D eigenvalue weighted by molar-refractivity contribution is -0.0606. The highest BCUT2D eigenvalue weighted by atomic mass is 16.7. The standard InChI is InChI=1S/C33H66N4O8/c1-10-33(21-41-30(38)36-13-16-37(14-11-34)15-12-35,22-42-31(39)44-28(17-24(2)3)18-25(4)5)23-43-32(40)45-29(19-26(6)7)20-27(8)9/h24-29H,10-23,34-35H2,1-9H3,(H,36,38). The van der Waals surface area contributed by atoms with Gasteiger partial charge in [-0.2, -0.15) is 0 Å². The van der Waals surface area contributed by atoms with Crippen LogP contribution in [0.2, 0.25) is 0 Å². The lowest BCUT2D eigenvalue weighted by atomic mass is 9.88. The molecule has 0 rings (SSSR count). The number of nitrogens with zero attached hydrogens (tertiary/aromatic N) is 1. The molecule has 0 aliphatic rings. The molecule has 266 valence electrons. The van der Waals surface area contributed by atoms with Crippen molar-refractivity contribution >= 4 is 18.4 Å². The fourth-order valence-electron chi connectivity index (χ4n) is 4.97. The van der Waals surface area contributed by atoms with Gasteiger partial charge in [-0.25, -0.2) is 14.4 Å². The van der Waals surface area contributed by atoms with Crippen molar-refractivity contribution in [3.05, 3.63) is 0 Å². The molecule has 0 atom stereocenters. The molecule has 1 amide bonds. The number of nitrogens with one attached hydrogen (secondary N) is 1. The normalized spacial score (nSPS) is 12.1. The molecule has 0 saturated heterocycles. The van der Waals surface area contributed by atoms with Gasteiger partial charge in [0, 0.05) is 39.3 Å². The van der Waals surface area contributed by atoms with Crippen LogP contribution in [0.15, 0.2) is 0 Å². The lowest BCUT2D eigenvalue weighted by Gasteiger charge is -2.31. The van der Waals surface area contributed by atoms with Crippen LogP contribution in [0.25, 0.3) is 0 Å². The van der Waals surface area contributed by atoms with Crippen LogP contribution >= 0.6 is 0 Å². The molecule has 0 saturated carbocycles. The molecule has 0 aliphatic heterocycles. The van der Waals surface area contributed by atoms with Gasteiger partial charge in [-0.3, -0.25) is 4.90 Å². The van der Waals surface area contributed by atoms with Crippen molar-refractivity contribution in [3.8, 4) is 0 Å². The zero-order valence-corrected chi connectivity index (χ0v) is 29.7. The van der Waals surface area contributed by atoms with Crippen LogP contribution < -0.4 is 16.8 Å². The smallest absolute Gasteiger partial charge is 0.449 e. The number of nitrogens with two attached hydrogens (primary N) is 2. The molecule has 12 nitrogen and oxygen atoms in total. The van der Waals surface area contributed by atoms with E-state index in [1.54, 1.807) is 0 Å². The van der Waals surface area contributed by atoms with Gasteiger partial charge < -0.3 is 40.5 Å². The summed E-state index contributed by atoms with van der Waals surface area (Å²) in [5.41, 5.74) is 10.3. The minimum Gasteiger partial charge on any atom is -0.449 e. The molecular weight excluding hydrogens is 580 g/mol. The highest BCUT2D eigenvalue weighted by molar-refractivity contribution is 5.67. The summed E-state index contributed by atoms with van der Waals surface area (Å²) in [5.74, 6) is 1.37. The first kappa shape index (κ1) is 42.7. The zero-order valence-electron chi connectivity index (χ0n) is 29.7. The van der Waals surface area contributed by atoms with Gasteiger partial charge in [0.25, 0.3) is 0 Å². The van der Waals surface area contributed by atoms with Crippen LogP contribution in [0.3, 0.4) is 0 Å². The van der Waals surface area contributed by atoms with E-state index in [1.807, 2.05) is 11.8 Å². The van der Waals surface area contributed by atoms with Crippen molar-refractivity contribution < 1.29 is 38.1 Å². The molecule has 0 aromatic carbocycles. The summed E-state index contributed by atoms with van der Waals surface area (Å²) in [6.07, 6.45) is 0.431. The van der Waals surface area contributed by atoms with E-state index in [1.165, 1.54) is 0 Å². The number of alkyl carbamates (subject to hydrolysis) is 1. The highest BCUT2D eigenvalue weighted by Crippen LogP contribution is 2.26. The van der Waals surface area contributed by atoms with Gasteiger partial charge in [-0.1, -0.05) is 62.3 Å². The Bertz CT molecular complexity index is 742. The van der Waals surface area contributed by atoms with Crippen molar-refractivity contribution in [3.63, 3.8) is 0 Å². The summed E-state index contributed by atoms with van der Waals surface area (Å²) in [7, 11) is 0. The molecule has 0 fully saturated rings. The van der Waals surface area contributed by atoms with Gasteiger partial charge in [0.15, 0.2) is 0 Å². The molecule has 0 heterocycles. The number of carbonyl (C=O) groups is 3. The van der Waals surface area contributed by atoms with Gasteiger partial charge in [-0.05, 0) is 55.8 Å². The van der Waals surface area contributed by atoms with Crippen molar-refractivity contribution in [1.29, 1.82) is 0 Å². The van der Waals surface area contributed by atoms with Crippen LogP contribution in [-0.2, 0) is 23.7 Å². The van der Waals surface area contributed by atoms with E-state index in [2.05, 4.69) is 60.7 Å². The Morgan fingerprint density at radius 2 is 1.02 bits per heavy atom. The number of hydrogen-bond acceptors (Lipinski definition) is 11. The minimum absolute atomic E-state index is 0.159. The Hall–Kier alpha value is -2.31. The second kappa shape index (κ2) is 23.9. The molecule has 45 heavy (non-hydrogen) atoms. The van der Waals surface area contributed by atoms with Gasteiger partial charge in [0.05, 0.1) is 5.41 Å². The first-order valence-corrected chi connectivity index (χ1v) is 16.8. The van der Waals surface area contributed by atoms with Gasteiger partial charge in [-0.15, -0.1) is 0 Å². The average Bonchev–Trinajstić information content (AvgIpc) is 2.91. The van der Waals surface area contributed by atoms with Crippen molar-refractivity contribution in [2.45, 2.75) is 107 Å². The van der Waals surface area contributed by atoms with Gasteiger partial charge in [0.1, 0.15) is 32.0 Å². The fourth-order valence-corrected chi connectivity index (χ4v) is 4.97. The molecule has 0 spiro atoms. The van der Waals surface area contributed by atoms with Crippen molar-refractivity contribution in [1.82, 2.24) is 10.2 Å². The van der Waals surface area contributed by atoms with Crippen LogP contribution in [-0.4, -0.2) is 94.6 Å². The summed E-state index contributed by atoms with van der Waals surface area (Å²) >= 11 is 0. The van der Waals surface area contributed by atoms with E-state index < -0.39 is 23.8 Å². The monoisotopic (exact) mass is 646 g/mol. The average molecular weight is 647 g/mol. The quantitative estimate of drug-likeness (QED) is 0.0888. The lowest BCUT2D eigenvalue weighted by Crippen LogP contribution is -2.42. The van der Waals surface area contributed by atoms with Crippen molar-refractivity contribution in [2.75, 3.05) is 59.1 Å². The summed E-state index contributed by atoms with van der Waals surface area (Å²) in [5, 5.41) is 2.73. The Labute approximate surface area is 272 Å². The van der Waals surface area contributed by atoms with Crippen LogP contribution in [0, 0.1) is 29.1 Å². The number of hydrogen-bond donors (Lipinski definition) is 3. The van der Waals surface area contributed by atoms with E-state index in [0.717, 1.165) is 0 Å².